The molecule has 0 saturated heterocycles. The number of para-hydroxylation sites is 1. The third-order valence-electron chi connectivity index (χ3n) is 2.20. The Morgan fingerprint density at radius 2 is 2.00 bits per heavy atom. The van der Waals surface area contributed by atoms with Crippen LogP contribution in [-0.2, 0) is 14.6 Å². The summed E-state index contributed by atoms with van der Waals surface area (Å²) in [6, 6.07) is 7.23. The van der Waals surface area contributed by atoms with Crippen LogP contribution in [0.1, 0.15) is 0 Å². The molecule has 0 fully saturated rings. The Morgan fingerprint density at radius 3 is 2.65 bits per heavy atom. The van der Waals surface area contributed by atoms with Gasteiger partial charge in [0.15, 0.2) is 9.84 Å². The molecule has 0 amide bonds. The maximum Gasteiger partial charge on any atom is 0.154 e. The second-order valence-electron chi connectivity index (χ2n) is 3.55. The molecule has 0 aliphatic carbocycles. The smallest absolute Gasteiger partial charge is 0.154 e. The zero-order valence-corrected chi connectivity index (χ0v) is 11.2. The lowest BCUT2D eigenvalue weighted by Gasteiger charge is -2.08. The summed E-state index contributed by atoms with van der Waals surface area (Å²) in [5, 5.41) is 3.58. The summed E-state index contributed by atoms with van der Waals surface area (Å²) >= 11 is 5.93. The zero-order chi connectivity index (χ0) is 12.7. The summed E-state index contributed by atoms with van der Waals surface area (Å²) in [5.41, 5.74) is 0.746. The number of benzene rings is 1. The molecule has 0 bridgehead atoms. The summed E-state index contributed by atoms with van der Waals surface area (Å²) < 4.78 is 27.8. The topological polar surface area (TPSA) is 55.4 Å². The summed E-state index contributed by atoms with van der Waals surface area (Å²) in [6.45, 7) is 0.574. The lowest BCUT2D eigenvalue weighted by atomic mass is 10.3. The molecule has 0 spiro atoms. The van der Waals surface area contributed by atoms with Crippen molar-refractivity contribution < 1.29 is 13.2 Å². The van der Waals surface area contributed by atoms with Crippen molar-refractivity contribution in [2.45, 2.75) is 0 Å². The minimum atomic E-state index is -3.06. The summed E-state index contributed by atoms with van der Waals surface area (Å²) in [7, 11) is -1.57. The number of ether oxygens (including phenoxy) is 1. The normalized spacial score (nSPS) is 11.4. The third-order valence-corrected chi connectivity index (χ3v) is 4.15. The average molecular weight is 278 g/mol. The van der Waals surface area contributed by atoms with Gasteiger partial charge in [-0.2, -0.15) is 0 Å². The van der Waals surface area contributed by atoms with E-state index in [0.29, 0.717) is 11.6 Å². The van der Waals surface area contributed by atoms with Gasteiger partial charge in [-0.3, -0.25) is 0 Å². The third kappa shape index (κ3) is 5.39. The van der Waals surface area contributed by atoms with Crippen molar-refractivity contribution >= 4 is 27.1 Å². The standard InChI is InChI=1S/C11H16ClNO3S/c1-16-7-9-17(14,15)8-6-13-11-5-3-2-4-10(11)12/h2-5,13H,6-9H2,1H3. The van der Waals surface area contributed by atoms with Gasteiger partial charge in [0.1, 0.15) is 0 Å². The van der Waals surface area contributed by atoms with Gasteiger partial charge in [0, 0.05) is 13.7 Å². The molecule has 96 valence electrons. The van der Waals surface area contributed by atoms with E-state index in [-0.39, 0.29) is 18.1 Å². The Morgan fingerprint density at radius 1 is 1.29 bits per heavy atom. The van der Waals surface area contributed by atoms with Crippen LogP contribution in [0.4, 0.5) is 5.69 Å². The first-order chi connectivity index (χ1) is 8.05. The van der Waals surface area contributed by atoms with Gasteiger partial charge in [-0.1, -0.05) is 23.7 Å². The van der Waals surface area contributed by atoms with E-state index < -0.39 is 9.84 Å². The lowest BCUT2D eigenvalue weighted by Crippen LogP contribution is -2.20. The highest BCUT2D eigenvalue weighted by molar-refractivity contribution is 7.91. The van der Waals surface area contributed by atoms with Crippen molar-refractivity contribution in [1.29, 1.82) is 0 Å². The fourth-order valence-electron chi connectivity index (χ4n) is 1.26. The molecule has 0 aliphatic rings. The van der Waals surface area contributed by atoms with Gasteiger partial charge in [0.25, 0.3) is 0 Å². The molecule has 0 atom stereocenters. The molecule has 1 rings (SSSR count). The molecule has 0 aliphatic heterocycles. The Kier molecular flexibility index (Phi) is 5.74. The molecule has 0 radical (unpaired) electrons. The Hall–Kier alpha value is -0.780. The predicted octanol–water partition coefficient (Wildman–Crippen LogP) is 1.81. The van der Waals surface area contributed by atoms with Gasteiger partial charge in [-0.15, -0.1) is 0 Å². The number of methoxy groups -OCH3 is 1. The fourth-order valence-corrected chi connectivity index (χ4v) is 2.50. The highest BCUT2D eigenvalue weighted by Gasteiger charge is 2.10. The summed E-state index contributed by atoms with van der Waals surface area (Å²) in [4.78, 5) is 0. The largest absolute Gasteiger partial charge is 0.384 e. The average Bonchev–Trinajstić information content (AvgIpc) is 2.29. The van der Waals surface area contributed by atoms with Crippen molar-refractivity contribution in [1.82, 2.24) is 0 Å². The first-order valence-corrected chi connectivity index (χ1v) is 7.43. The van der Waals surface area contributed by atoms with E-state index in [2.05, 4.69) is 5.32 Å². The second-order valence-corrected chi connectivity index (χ2v) is 6.26. The molecule has 1 aromatic carbocycles. The van der Waals surface area contributed by atoms with Crippen molar-refractivity contribution in [3.63, 3.8) is 0 Å². The quantitative estimate of drug-likeness (QED) is 0.826. The van der Waals surface area contributed by atoms with Crippen molar-refractivity contribution in [3.05, 3.63) is 29.3 Å². The van der Waals surface area contributed by atoms with Gasteiger partial charge in [0.05, 0.1) is 28.8 Å². The van der Waals surface area contributed by atoms with Gasteiger partial charge in [-0.25, -0.2) is 8.42 Å². The van der Waals surface area contributed by atoms with Gasteiger partial charge in [-0.05, 0) is 12.1 Å². The number of nitrogens with one attached hydrogen (secondary N) is 1. The van der Waals surface area contributed by atoms with Crippen LogP contribution in [0.3, 0.4) is 0 Å². The molecule has 4 nitrogen and oxygen atoms in total. The van der Waals surface area contributed by atoms with E-state index in [1.54, 1.807) is 6.07 Å². The van der Waals surface area contributed by atoms with Crippen LogP contribution in [0.15, 0.2) is 24.3 Å². The highest BCUT2D eigenvalue weighted by Crippen LogP contribution is 2.19. The predicted molar refractivity (Wildman–Crippen MR) is 70.5 cm³/mol. The Labute approximate surface area is 107 Å². The summed E-state index contributed by atoms with van der Waals surface area (Å²) in [5.74, 6) is 0.120. The van der Waals surface area contributed by atoms with E-state index in [4.69, 9.17) is 16.3 Å². The minimum Gasteiger partial charge on any atom is -0.384 e. The molecule has 0 unspecified atom stereocenters. The maximum absolute atomic E-state index is 11.5. The SMILES string of the molecule is COCCS(=O)(=O)CCNc1ccccc1Cl. The highest BCUT2D eigenvalue weighted by atomic mass is 35.5. The van der Waals surface area contributed by atoms with Gasteiger partial charge < -0.3 is 10.1 Å². The Bertz CT molecular complexity index is 448. The monoisotopic (exact) mass is 277 g/mol. The minimum absolute atomic E-state index is 0.0493. The fraction of sp³-hybridized carbons (Fsp3) is 0.455. The number of hydrogen-bond acceptors (Lipinski definition) is 4. The Balaban J connectivity index is 2.40. The van der Waals surface area contributed by atoms with Crippen LogP contribution < -0.4 is 5.32 Å². The van der Waals surface area contributed by atoms with Crippen LogP contribution in [0.2, 0.25) is 5.02 Å². The number of rotatable bonds is 7. The molecule has 1 aromatic rings. The van der Waals surface area contributed by atoms with Crippen molar-refractivity contribution in [3.8, 4) is 0 Å². The molecule has 17 heavy (non-hydrogen) atoms. The maximum atomic E-state index is 11.5. The van der Waals surface area contributed by atoms with E-state index in [1.807, 2.05) is 18.2 Å². The molecular weight excluding hydrogens is 262 g/mol. The first-order valence-electron chi connectivity index (χ1n) is 5.23. The zero-order valence-electron chi connectivity index (χ0n) is 9.65. The van der Waals surface area contributed by atoms with E-state index in [0.717, 1.165) is 5.69 Å². The van der Waals surface area contributed by atoms with E-state index in [1.165, 1.54) is 7.11 Å². The molecule has 0 saturated carbocycles. The van der Waals surface area contributed by atoms with Crippen LogP contribution >= 0.6 is 11.6 Å². The number of halogens is 1. The molecule has 1 N–H and O–H groups in total. The second kappa shape index (κ2) is 6.83. The van der Waals surface area contributed by atoms with Crippen LogP contribution in [-0.4, -0.2) is 40.2 Å². The molecule has 0 heterocycles. The molecule has 6 heteroatoms. The van der Waals surface area contributed by atoms with Crippen molar-refractivity contribution in [2.75, 3.05) is 37.1 Å². The van der Waals surface area contributed by atoms with Crippen LogP contribution in [0.25, 0.3) is 0 Å². The van der Waals surface area contributed by atoms with E-state index >= 15 is 0 Å². The summed E-state index contributed by atoms with van der Waals surface area (Å²) in [6.07, 6.45) is 0. The van der Waals surface area contributed by atoms with E-state index in [9.17, 15) is 8.42 Å². The van der Waals surface area contributed by atoms with Gasteiger partial charge >= 0.3 is 0 Å². The number of anilines is 1. The number of sulfone groups is 1. The number of hydrogen-bond donors (Lipinski definition) is 1. The van der Waals surface area contributed by atoms with Crippen LogP contribution in [0, 0.1) is 0 Å². The van der Waals surface area contributed by atoms with Gasteiger partial charge in [0.2, 0.25) is 0 Å². The first kappa shape index (κ1) is 14.3. The molecular formula is C11H16ClNO3S. The van der Waals surface area contributed by atoms with Crippen LogP contribution in [0.5, 0.6) is 0 Å². The van der Waals surface area contributed by atoms with Crippen molar-refractivity contribution in [2.24, 2.45) is 0 Å². The lowest BCUT2D eigenvalue weighted by molar-refractivity contribution is 0.217. The molecule has 0 aromatic heterocycles.